The maximum Gasteiger partial charge on any atom is 0.407 e. The summed E-state index contributed by atoms with van der Waals surface area (Å²) in [5, 5.41) is 34.8. The summed E-state index contributed by atoms with van der Waals surface area (Å²) in [6.07, 6.45) is 1.33. The number of hydrogen-bond donors (Lipinski definition) is 9. The fourth-order valence-electron chi connectivity index (χ4n) is 3.40. The third kappa shape index (κ3) is 26.6. The van der Waals surface area contributed by atoms with Crippen LogP contribution in [0, 0.1) is 0 Å². The average Bonchev–Trinajstić information content (AvgIpc) is 3.02. The van der Waals surface area contributed by atoms with E-state index in [-0.39, 0.29) is 62.6 Å². The minimum absolute atomic E-state index is 0.0104. The second kappa shape index (κ2) is 27.5. The van der Waals surface area contributed by atoms with Crippen molar-refractivity contribution in [3.8, 4) is 0 Å². The largest absolute Gasteiger partial charge is 0.481 e. The standard InChI is InChI=1S/C28H47N7O12S/c1-2-3-4-6-20(36)33-17-24(40)34-16-23(39)29-9-5-10-30-25(41)18-48-14-8-21(37)31-11-12-32-22(38)15-19(27(44)45)35-28(46)47-13-7-26(42)43/h19H,2-18H2,1H3,(H,29,39)(H,30,41)(H,31,37)(H,32,38)(H,33,36)(H,34,40)(H,35,46)(H,42,43)(H,44,45). The topological polar surface area (TPSA) is 288 Å². The average molecular weight is 706 g/mol. The second-order valence-electron chi connectivity index (χ2n) is 10.1. The van der Waals surface area contributed by atoms with Gasteiger partial charge in [0, 0.05) is 44.8 Å². The summed E-state index contributed by atoms with van der Waals surface area (Å²) >= 11 is 1.23. The molecule has 0 heterocycles. The van der Waals surface area contributed by atoms with E-state index in [1.54, 1.807) is 0 Å². The Morgan fingerprint density at radius 3 is 1.81 bits per heavy atom. The highest BCUT2D eigenvalue weighted by molar-refractivity contribution is 7.99. The molecular weight excluding hydrogens is 658 g/mol. The molecule has 0 bridgehead atoms. The molecule has 0 aliphatic carbocycles. The van der Waals surface area contributed by atoms with Crippen molar-refractivity contribution in [3.05, 3.63) is 0 Å². The Morgan fingerprint density at radius 1 is 0.625 bits per heavy atom. The minimum Gasteiger partial charge on any atom is -0.481 e. The molecule has 20 heteroatoms. The maximum absolute atomic E-state index is 12.0. The molecule has 0 aromatic carbocycles. The van der Waals surface area contributed by atoms with E-state index in [4.69, 9.17) is 10.2 Å². The highest BCUT2D eigenvalue weighted by Crippen LogP contribution is 2.02. The van der Waals surface area contributed by atoms with Gasteiger partial charge in [-0.05, 0) is 12.8 Å². The Morgan fingerprint density at radius 2 is 1.19 bits per heavy atom. The molecule has 0 aliphatic rings. The van der Waals surface area contributed by atoms with Crippen LogP contribution in [-0.4, -0.2) is 127 Å². The van der Waals surface area contributed by atoms with E-state index < -0.39 is 61.2 Å². The van der Waals surface area contributed by atoms with Gasteiger partial charge in [-0.15, -0.1) is 0 Å². The molecule has 0 saturated carbocycles. The van der Waals surface area contributed by atoms with Crippen LogP contribution in [0.15, 0.2) is 0 Å². The number of carbonyl (C=O) groups is 9. The van der Waals surface area contributed by atoms with E-state index in [9.17, 15) is 43.2 Å². The molecule has 7 amide bonds. The van der Waals surface area contributed by atoms with Crippen LogP contribution in [0.25, 0.3) is 0 Å². The lowest BCUT2D eigenvalue weighted by Gasteiger charge is -2.14. The van der Waals surface area contributed by atoms with Gasteiger partial charge in [-0.2, -0.15) is 11.8 Å². The molecule has 0 saturated heterocycles. The molecular formula is C28H47N7O12S. The van der Waals surface area contributed by atoms with Gasteiger partial charge in [-0.3, -0.25) is 33.6 Å². The normalized spacial score (nSPS) is 10.9. The minimum atomic E-state index is -1.61. The molecule has 0 aromatic rings. The van der Waals surface area contributed by atoms with Crippen molar-refractivity contribution in [2.45, 2.75) is 64.3 Å². The highest BCUT2D eigenvalue weighted by atomic mass is 32.2. The summed E-state index contributed by atoms with van der Waals surface area (Å²) in [7, 11) is 0. The van der Waals surface area contributed by atoms with Gasteiger partial charge in [0.1, 0.15) is 12.6 Å². The predicted octanol–water partition coefficient (Wildman–Crippen LogP) is -2.18. The summed E-state index contributed by atoms with van der Waals surface area (Å²) in [4.78, 5) is 104. The lowest BCUT2D eigenvalue weighted by atomic mass is 10.2. The van der Waals surface area contributed by atoms with E-state index in [2.05, 4.69) is 36.6 Å². The summed E-state index contributed by atoms with van der Waals surface area (Å²) in [5.41, 5.74) is 0. The first-order chi connectivity index (χ1) is 22.8. The van der Waals surface area contributed by atoms with Gasteiger partial charge in [-0.25, -0.2) is 9.59 Å². The summed E-state index contributed by atoms with van der Waals surface area (Å²) in [6.45, 7) is 1.75. The quantitative estimate of drug-likeness (QED) is 0.0412. The molecule has 272 valence electrons. The number of rotatable bonds is 27. The number of alkyl carbamates (subject to hydrolysis) is 1. The smallest absolute Gasteiger partial charge is 0.407 e. The van der Waals surface area contributed by atoms with Crippen molar-refractivity contribution in [1.29, 1.82) is 0 Å². The van der Waals surface area contributed by atoms with Crippen molar-refractivity contribution >= 4 is 65.2 Å². The first-order valence-electron chi connectivity index (χ1n) is 15.4. The number of aliphatic carboxylic acids is 2. The summed E-state index contributed by atoms with van der Waals surface area (Å²) < 4.78 is 4.53. The SMILES string of the molecule is CCCCCC(=O)NCC(=O)NCC(=O)NCCCNC(=O)CSCCC(=O)NCCNC(=O)CC(NC(=O)OCCC(=O)O)C(=O)O. The number of carbonyl (C=O) groups excluding carboxylic acids is 7. The zero-order chi connectivity index (χ0) is 36.2. The number of hydrogen-bond acceptors (Lipinski definition) is 11. The lowest BCUT2D eigenvalue weighted by Crippen LogP contribution is -2.45. The van der Waals surface area contributed by atoms with E-state index in [1.165, 1.54) is 11.8 Å². The fourth-order valence-corrected chi connectivity index (χ4v) is 4.16. The van der Waals surface area contributed by atoms with Crippen molar-refractivity contribution in [1.82, 2.24) is 37.2 Å². The number of nitrogens with one attached hydrogen (secondary N) is 7. The molecule has 19 nitrogen and oxygen atoms in total. The monoisotopic (exact) mass is 705 g/mol. The Bertz CT molecular complexity index is 1090. The number of ether oxygens (including phenoxy) is 1. The van der Waals surface area contributed by atoms with Crippen LogP contribution in [0.3, 0.4) is 0 Å². The molecule has 0 radical (unpaired) electrons. The van der Waals surface area contributed by atoms with Gasteiger partial charge >= 0.3 is 18.0 Å². The predicted molar refractivity (Wildman–Crippen MR) is 172 cm³/mol. The van der Waals surface area contributed by atoms with Crippen LogP contribution in [0.4, 0.5) is 4.79 Å². The molecule has 9 N–H and O–H groups in total. The maximum atomic E-state index is 12.0. The molecule has 0 rings (SSSR count). The van der Waals surface area contributed by atoms with Crippen LogP contribution in [0.2, 0.25) is 0 Å². The Kier molecular flexibility index (Phi) is 24.8. The van der Waals surface area contributed by atoms with Crippen LogP contribution in [0.1, 0.15) is 58.3 Å². The van der Waals surface area contributed by atoms with Crippen molar-refractivity contribution in [2.75, 3.05) is 57.4 Å². The zero-order valence-corrected chi connectivity index (χ0v) is 27.8. The van der Waals surface area contributed by atoms with E-state index >= 15 is 0 Å². The van der Waals surface area contributed by atoms with Crippen molar-refractivity contribution in [2.24, 2.45) is 0 Å². The van der Waals surface area contributed by atoms with Crippen LogP contribution in [-0.2, 0) is 43.1 Å². The fraction of sp³-hybridized carbons (Fsp3) is 0.679. The number of carboxylic acids is 2. The third-order valence-corrected chi connectivity index (χ3v) is 6.86. The summed E-state index contributed by atoms with van der Waals surface area (Å²) in [6, 6.07) is -1.61. The highest BCUT2D eigenvalue weighted by Gasteiger charge is 2.24. The van der Waals surface area contributed by atoms with Crippen molar-refractivity contribution < 1.29 is 58.1 Å². The first kappa shape index (κ1) is 43.4. The van der Waals surface area contributed by atoms with Gasteiger partial charge in [0.2, 0.25) is 35.4 Å². The Hall–Kier alpha value is -4.62. The van der Waals surface area contributed by atoms with Gasteiger partial charge in [0.05, 0.1) is 31.7 Å². The van der Waals surface area contributed by atoms with Crippen LogP contribution in [0.5, 0.6) is 0 Å². The summed E-state index contributed by atoms with van der Waals surface area (Å²) in [5.74, 6) is -4.63. The number of thioether (sulfide) groups is 1. The molecule has 0 aliphatic heterocycles. The Labute approximate surface area is 282 Å². The van der Waals surface area contributed by atoms with Crippen molar-refractivity contribution in [3.63, 3.8) is 0 Å². The van der Waals surface area contributed by atoms with E-state index in [1.807, 2.05) is 12.2 Å². The number of amides is 7. The Balaban J connectivity index is 3.86. The molecule has 0 spiro atoms. The number of carboxylic acid groups (broad SMARTS) is 2. The molecule has 0 aromatic heterocycles. The van der Waals surface area contributed by atoms with Gasteiger partial charge in [0.25, 0.3) is 0 Å². The number of unbranched alkanes of at least 4 members (excludes halogenated alkanes) is 2. The second-order valence-corrected chi connectivity index (χ2v) is 11.2. The molecule has 1 atom stereocenters. The zero-order valence-electron chi connectivity index (χ0n) is 27.0. The first-order valence-corrected chi connectivity index (χ1v) is 16.5. The third-order valence-electron chi connectivity index (χ3n) is 5.90. The van der Waals surface area contributed by atoms with Crippen LogP contribution >= 0.6 is 11.8 Å². The van der Waals surface area contributed by atoms with E-state index in [0.29, 0.717) is 25.1 Å². The van der Waals surface area contributed by atoms with E-state index in [0.717, 1.165) is 19.3 Å². The molecule has 48 heavy (non-hydrogen) atoms. The lowest BCUT2D eigenvalue weighted by molar-refractivity contribution is -0.141. The van der Waals surface area contributed by atoms with Gasteiger partial charge in [-0.1, -0.05) is 19.8 Å². The van der Waals surface area contributed by atoms with Gasteiger partial charge < -0.3 is 52.2 Å². The molecule has 1 unspecified atom stereocenters. The van der Waals surface area contributed by atoms with Gasteiger partial charge in [0.15, 0.2) is 0 Å². The van der Waals surface area contributed by atoms with Crippen LogP contribution < -0.4 is 37.2 Å². The molecule has 0 fully saturated rings.